The average molecular weight is 361 g/mol. The van der Waals surface area contributed by atoms with Crippen LogP contribution in [0.5, 0.6) is 0 Å². The number of hydrogen-bond donors (Lipinski definition) is 1. The number of aromatic nitrogens is 2. The molecule has 2 amide bonds. The maximum atomic E-state index is 12.9. The molecule has 1 spiro atoms. The first-order valence-electron chi connectivity index (χ1n) is 9.13. The van der Waals surface area contributed by atoms with Crippen LogP contribution in [0.4, 0.5) is 5.95 Å². The standard InChI is InChI=1S/C18H27N5O3/c1-19-17-20-10-14(11-21-17)16(25)23-7-3-5-18(13-23)6-4-15(24)22(12-18)8-9-26-2/h10-11H,3-9,12-13H2,1-2H3,(H,19,20,21)/t18-/m0/s1. The minimum Gasteiger partial charge on any atom is -0.383 e. The van der Waals surface area contributed by atoms with Crippen molar-refractivity contribution in [1.29, 1.82) is 0 Å². The summed E-state index contributed by atoms with van der Waals surface area (Å²) in [6.07, 6.45) is 6.52. The third-order valence-corrected chi connectivity index (χ3v) is 5.38. The fraction of sp³-hybridized carbons (Fsp3) is 0.667. The number of nitrogens with one attached hydrogen (secondary N) is 1. The van der Waals surface area contributed by atoms with Crippen LogP contribution in [0.1, 0.15) is 36.0 Å². The van der Waals surface area contributed by atoms with Crippen LogP contribution in [0.3, 0.4) is 0 Å². The summed E-state index contributed by atoms with van der Waals surface area (Å²) in [6.45, 7) is 3.27. The highest BCUT2D eigenvalue weighted by Crippen LogP contribution is 2.39. The minimum absolute atomic E-state index is 0.0126. The number of piperidine rings is 2. The van der Waals surface area contributed by atoms with Gasteiger partial charge in [0, 0.05) is 64.6 Å². The summed E-state index contributed by atoms with van der Waals surface area (Å²) >= 11 is 0. The highest BCUT2D eigenvalue weighted by molar-refractivity contribution is 5.93. The number of carbonyl (C=O) groups is 2. The molecule has 0 unspecified atom stereocenters. The van der Waals surface area contributed by atoms with E-state index in [1.54, 1.807) is 26.6 Å². The lowest BCUT2D eigenvalue weighted by atomic mass is 9.73. The van der Waals surface area contributed by atoms with Gasteiger partial charge in [0.2, 0.25) is 11.9 Å². The highest BCUT2D eigenvalue weighted by atomic mass is 16.5. The van der Waals surface area contributed by atoms with Gasteiger partial charge in [-0.25, -0.2) is 9.97 Å². The van der Waals surface area contributed by atoms with Gasteiger partial charge < -0.3 is 19.9 Å². The van der Waals surface area contributed by atoms with Gasteiger partial charge in [0.1, 0.15) is 0 Å². The van der Waals surface area contributed by atoms with E-state index >= 15 is 0 Å². The van der Waals surface area contributed by atoms with E-state index in [0.29, 0.717) is 44.2 Å². The van der Waals surface area contributed by atoms with Crippen molar-refractivity contribution in [3.05, 3.63) is 18.0 Å². The maximum absolute atomic E-state index is 12.9. The number of ether oxygens (including phenoxy) is 1. The van der Waals surface area contributed by atoms with Crippen LogP contribution in [-0.4, -0.2) is 78.5 Å². The van der Waals surface area contributed by atoms with E-state index in [1.165, 1.54) is 0 Å². The van der Waals surface area contributed by atoms with Crippen LogP contribution in [0, 0.1) is 5.41 Å². The van der Waals surface area contributed by atoms with E-state index in [4.69, 9.17) is 4.74 Å². The first kappa shape index (κ1) is 18.6. The largest absolute Gasteiger partial charge is 0.383 e. The van der Waals surface area contributed by atoms with E-state index in [0.717, 1.165) is 25.8 Å². The van der Waals surface area contributed by atoms with Crippen LogP contribution in [0.2, 0.25) is 0 Å². The minimum atomic E-state index is -0.0351. The third kappa shape index (κ3) is 3.95. The van der Waals surface area contributed by atoms with Gasteiger partial charge in [-0.15, -0.1) is 0 Å². The Morgan fingerprint density at radius 2 is 2.08 bits per heavy atom. The second-order valence-corrected chi connectivity index (χ2v) is 7.18. The fourth-order valence-corrected chi connectivity index (χ4v) is 3.97. The zero-order chi connectivity index (χ0) is 18.6. The van der Waals surface area contributed by atoms with Crippen molar-refractivity contribution in [1.82, 2.24) is 19.8 Å². The van der Waals surface area contributed by atoms with Crippen molar-refractivity contribution in [2.75, 3.05) is 52.3 Å². The molecule has 2 fully saturated rings. The zero-order valence-corrected chi connectivity index (χ0v) is 15.5. The predicted octanol–water partition coefficient (Wildman–Crippen LogP) is 1.01. The lowest BCUT2D eigenvalue weighted by Crippen LogP contribution is -2.55. The van der Waals surface area contributed by atoms with Crippen LogP contribution in [0.15, 0.2) is 12.4 Å². The Kier molecular flexibility index (Phi) is 5.70. The van der Waals surface area contributed by atoms with Gasteiger partial charge in [-0.3, -0.25) is 9.59 Å². The Morgan fingerprint density at radius 3 is 2.77 bits per heavy atom. The van der Waals surface area contributed by atoms with E-state index < -0.39 is 0 Å². The summed E-state index contributed by atoms with van der Waals surface area (Å²) in [5.74, 6) is 0.649. The van der Waals surface area contributed by atoms with Crippen LogP contribution >= 0.6 is 0 Å². The van der Waals surface area contributed by atoms with E-state index in [-0.39, 0.29) is 17.2 Å². The summed E-state index contributed by atoms with van der Waals surface area (Å²) < 4.78 is 5.13. The maximum Gasteiger partial charge on any atom is 0.257 e. The zero-order valence-electron chi connectivity index (χ0n) is 15.5. The molecule has 0 aliphatic carbocycles. The van der Waals surface area contributed by atoms with Crippen molar-refractivity contribution in [3.63, 3.8) is 0 Å². The number of carbonyl (C=O) groups excluding carboxylic acids is 2. The molecular formula is C18H27N5O3. The number of hydrogen-bond acceptors (Lipinski definition) is 6. The summed E-state index contributed by atoms with van der Waals surface area (Å²) in [4.78, 5) is 37.1. The average Bonchev–Trinajstić information content (AvgIpc) is 2.68. The molecule has 2 aliphatic heterocycles. The number of amides is 2. The van der Waals surface area contributed by atoms with E-state index in [1.807, 2.05) is 9.80 Å². The molecule has 2 aliphatic rings. The molecule has 1 N–H and O–H groups in total. The summed E-state index contributed by atoms with van der Waals surface area (Å²) in [5.41, 5.74) is 0.491. The highest BCUT2D eigenvalue weighted by Gasteiger charge is 2.42. The number of methoxy groups -OCH3 is 1. The molecule has 1 atom stereocenters. The van der Waals surface area contributed by atoms with Crippen molar-refractivity contribution in [2.24, 2.45) is 5.41 Å². The Bertz CT molecular complexity index is 651. The van der Waals surface area contributed by atoms with Crippen molar-refractivity contribution in [2.45, 2.75) is 25.7 Å². The number of nitrogens with zero attached hydrogens (tertiary/aromatic N) is 4. The summed E-state index contributed by atoms with van der Waals surface area (Å²) in [7, 11) is 3.39. The van der Waals surface area contributed by atoms with Gasteiger partial charge in [-0.05, 0) is 19.3 Å². The molecule has 0 aromatic carbocycles. The van der Waals surface area contributed by atoms with Gasteiger partial charge in [-0.2, -0.15) is 0 Å². The lowest BCUT2D eigenvalue weighted by Gasteiger charge is -2.48. The molecule has 2 saturated heterocycles. The molecule has 1 aromatic rings. The monoisotopic (exact) mass is 361 g/mol. The fourth-order valence-electron chi connectivity index (χ4n) is 3.97. The Balaban J connectivity index is 1.69. The Labute approximate surface area is 153 Å². The van der Waals surface area contributed by atoms with Gasteiger partial charge in [0.25, 0.3) is 5.91 Å². The van der Waals surface area contributed by atoms with E-state index in [2.05, 4.69) is 15.3 Å². The topological polar surface area (TPSA) is 87.7 Å². The predicted molar refractivity (Wildman–Crippen MR) is 96.8 cm³/mol. The molecule has 1 aromatic heterocycles. The van der Waals surface area contributed by atoms with Crippen LogP contribution < -0.4 is 5.32 Å². The summed E-state index contributed by atoms with van der Waals surface area (Å²) in [6, 6.07) is 0. The van der Waals surface area contributed by atoms with Gasteiger partial charge in [-0.1, -0.05) is 0 Å². The smallest absolute Gasteiger partial charge is 0.257 e. The molecule has 0 saturated carbocycles. The van der Waals surface area contributed by atoms with Gasteiger partial charge in [0.05, 0.1) is 12.2 Å². The second kappa shape index (κ2) is 7.99. The molecule has 8 nitrogen and oxygen atoms in total. The molecule has 0 radical (unpaired) electrons. The van der Waals surface area contributed by atoms with Crippen molar-refractivity contribution < 1.29 is 14.3 Å². The molecular weight excluding hydrogens is 334 g/mol. The number of likely N-dealkylation sites (tertiary alicyclic amines) is 2. The lowest BCUT2D eigenvalue weighted by molar-refractivity contribution is -0.139. The van der Waals surface area contributed by atoms with E-state index in [9.17, 15) is 9.59 Å². The van der Waals surface area contributed by atoms with Crippen LogP contribution in [-0.2, 0) is 9.53 Å². The van der Waals surface area contributed by atoms with Crippen molar-refractivity contribution >= 4 is 17.8 Å². The quantitative estimate of drug-likeness (QED) is 0.842. The van der Waals surface area contributed by atoms with Crippen molar-refractivity contribution in [3.8, 4) is 0 Å². The summed E-state index contributed by atoms with van der Waals surface area (Å²) in [5, 5.41) is 2.85. The van der Waals surface area contributed by atoms with Gasteiger partial charge >= 0.3 is 0 Å². The molecule has 3 heterocycles. The first-order valence-corrected chi connectivity index (χ1v) is 9.13. The first-order chi connectivity index (χ1) is 12.6. The molecule has 26 heavy (non-hydrogen) atoms. The normalized spacial score (nSPS) is 23.4. The molecule has 0 bridgehead atoms. The third-order valence-electron chi connectivity index (χ3n) is 5.38. The number of anilines is 1. The Hall–Kier alpha value is -2.22. The van der Waals surface area contributed by atoms with Gasteiger partial charge in [0.15, 0.2) is 0 Å². The Morgan fingerprint density at radius 1 is 1.31 bits per heavy atom. The molecule has 142 valence electrons. The molecule has 8 heteroatoms. The second-order valence-electron chi connectivity index (χ2n) is 7.18. The number of rotatable bonds is 5. The molecule has 3 rings (SSSR count). The van der Waals surface area contributed by atoms with Crippen LogP contribution in [0.25, 0.3) is 0 Å². The SMILES string of the molecule is CNc1ncc(C(=O)N2CCC[C@@]3(CCC(=O)N(CCOC)C3)C2)cn1.